The standard InChI is InChI=1S/C9H10Cl2O2S/c1-3-13-9(12)6-4-14-5(2)7(6)8(10)11/h4,8H,3H2,1-2H3. The molecule has 0 aliphatic heterocycles. The fourth-order valence-electron chi connectivity index (χ4n) is 1.10. The summed E-state index contributed by atoms with van der Waals surface area (Å²) in [5, 5.41) is 1.72. The summed E-state index contributed by atoms with van der Waals surface area (Å²) in [7, 11) is 0. The lowest BCUT2D eigenvalue weighted by atomic mass is 10.2. The van der Waals surface area contributed by atoms with Crippen molar-refractivity contribution >= 4 is 40.5 Å². The van der Waals surface area contributed by atoms with Crippen molar-refractivity contribution in [2.24, 2.45) is 0 Å². The molecule has 0 amide bonds. The molecule has 2 nitrogen and oxygen atoms in total. The van der Waals surface area contributed by atoms with Crippen LogP contribution in [0.4, 0.5) is 0 Å². The minimum absolute atomic E-state index is 0.350. The van der Waals surface area contributed by atoms with Crippen LogP contribution >= 0.6 is 34.5 Å². The fraction of sp³-hybridized carbons (Fsp3) is 0.444. The number of esters is 1. The van der Waals surface area contributed by atoms with E-state index in [-0.39, 0.29) is 5.97 Å². The zero-order valence-electron chi connectivity index (χ0n) is 7.84. The van der Waals surface area contributed by atoms with Gasteiger partial charge in [0.15, 0.2) is 0 Å². The van der Waals surface area contributed by atoms with E-state index >= 15 is 0 Å². The number of alkyl halides is 2. The van der Waals surface area contributed by atoms with Crippen LogP contribution in [0.1, 0.15) is 32.6 Å². The first-order valence-electron chi connectivity index (χ1n) is 4.11. The van der Waals surface area contributed by atoms with E-state index in [0.29, 0.717) is 17.7 Å². The van der Waals surface area contributed by atoms with E-state index in [9.17, 15) is 4.79 Å². The Kier molecular flexibility index (Phi) is 4.23. The van der Waals surface area contributed by atoms with Crippen LogP contribution in [0, 0.1) is 6.92 Å². The molecule has 14 heavy (non-hydrogen) atoms. The van der Waals surface area contributed by atoms with Gasteiger partial charge in [0.05, 0.1) is 12.2 Å². The molecule has 0 saturated carbocycles. The summed E-state index contributed by atoms with van der Waals surface area (Å²) in [5.74, 6) is -0.363. The second-order valence-electron chi connectivity index (χ2n) is 2.64. The minimum atomic E-state index is -0.680. The van der Waals surface area contributed by atoms with Gasteiger partial charge in [-0.2, -0.15) is 0 Å². The van der Waals surface area contributed by atoms with Gasteiger partial charge in [-0.25, -0.2) is 4.79 Å². The van der Waals surface area contributed by atoms with Gasteiger partial charge in [0.25, 0.3) is 0 Å². The van der Waals surface area contributed by atoms with Crippen LogP contribution in [0.5, 0.6) is 0 Å². The van der Waals surface area contributed by atoms with Gasteiger partial charge in [-0.05, 0) is 13.8 Å². The summed E-state index contributed by atoms with van der Waals surface area (Å²) in [6.45, 7) is 3.98. The van der Waals surface area contributed by atoms with E-state index in [2.05, 4.69) is 0 Å². The Hall–Kier alpha value is -0.250. The number of carbonyl (C=O) groups is 1. The number of thiophene rings is 1. The molecule has 0 bridgehead atoms. The monoisotopic (exact) mass is 252 g/mol. The number of rotatable bonds is 3. The van der Waals surface area contributed by atoms with Crippen LogP contribution in [0.15, 0.2) is 5.38 Å². The molecular formula is C9H10Cl2O2S. The molecule has 1 aromatic rings. The molecule has 0 atom stereocenters. The first-order valence-corrected chi connectivity index (χ1v) is 5.86. The first-order chi connectivity index (χ1) is 6.57. The third kappa shape index (κ3) is 2.41. The van der Waals surface area contributed by atoms with Crippen molar-refractivity contribution in [3.05, 3.63) is 21.4 Å². The lowest BCUT2D eigenvalue weighted by Gasteiger charge is -2.05. The topological polar surface area (TPSA) is 26.3 Å². The van der Waals surface area contributed by atoms with E-state index in [0.717, 1.165) is 4.88 Å². The number of hydrogen-bond acceptors (Lipinski definition) is 3. The van der Waals surface area contributed by atoms with Crippen molar-refractivity contribution in [2.45, 2.75) is 18.7 Å². The van der Waals surface area contributed by atoms with Crippen LogP contribution in [0.25, 0.3) is 0 Å². The van der Waals surface area contributed by atoms with E-state index in [4.69, 9.17) is 27.9 Å². The molecule has 0 N–H and O–H groups in total. The van der Waals surface area contributed by atoms with Crippen molar-refractivity contribution in [1.82, 2.24) is 0 Å². The largest absolute Gasteiger partial charge is 0.462 e. The predicted molar refractivity (Wildman–Crippen MR) is 59.5 cm³/mol. The van der Waals surface area contributed by atoms with Crippen LogP contribution in [0.3, 0.4) is 0 Å². The summed E-state index contributed by atoms with van der Waals surface area (Å²) < 4.78 is 4.88. The SMILES string of the molecule is CCOC(=O)c1csc(C)c1C(Cl)Cl. The molecule has 0 saturated heterocycles. The van der Waals surface area contributed by atoms with Gasteiger partial charge in [-0.1, -0.05) is 23.2 Å². The zero-order chi connectivity index (χ0) is 10.7. The third-order valence-electron chi connectivity index (χ3n) is 1.74. The highest BCUT2D eigenvalue weighted by Gasteiger charge is 2.20. The van der Waals surface area contributed by atoms with Crippen LogP contribution in [0.2, 0.25) is 0 Å². The van der Waals surface area contributed by atoms with Crippen LogP contribution in [-0.2, 0) is 4.74 Å². The van der Waals surface area contributed by atoms with E-state index in [1.807, 2.05) is 6.92 Å². The highest BCUT2D eigenvalue weighted by atomic mass is 35.5. The molecule has 0 aliphatic rings. The minimum Gasteiger partial charge on any atom is -0.462 e. The van der Waals surface area contributed by atoms with Gasteiger partial charge in [0.1, 0.15) is 4.84 Å². The maximum absolute atomic E-state index is 11.5. The average molecular weight is 253 g/mol. The summed E-state index contributed by atoms with van der Waals surface area (Å²) in [6.07, 6.45) is 0. The second-order valence-corrected chi connectivity index (χ2v) is 4.82. The van der Waals surface area contributed by atoms with Crippen molar-refractivity contribution in [3.63, 3.8) is 0 Å². The zero-order valence-corrected chi connectivity index (χ0v) is 10.2. The Balaban J connectivity index is 3.02. The van der Waals surface area contributed by atoms with Crippen molar-refractivity contribution < 1.29 is 9.53 Å². The third-order valence-corrected chi connectivity index (χ3v) is 3.10. The number of ether oxygens (including phenoxy) is 1. The van der Waals surface area contributed by atoms with Crippen LogP contribution in [-0.4, -0.2) is 12.6 Å². The molecule has 0 unspecified atom stereocenters. The molecule has 0 aromatic carbocycles. The van der Waals surface area contributed by atoms with Gasteiger partial charge in [0, 0.05) is 15.8 Å². The predicted octanol–water partition coefficient (Wildman–Crippen LogP) is 3.71. The maximum atomic E-state index is 11.5. The van der Waals surface area contributed by atoms with Gasteiger partial charge >= 0.3 is 5.97 Å². The number of halogens is 2. The fourth-order valence-corrected chi connectivity index (χ4v) is 2.67. The van der Waals surface area contributed by atoms with Gasteiger partial charge in [-0.3, -0.25) is 0 Å². The molecule has 1 heterocycles. The summed E-state index contributed by atoms with van der Waals surface area (Å²) >= 11 is 13.0. The number of hydrogen-bond donors (Lipinski definition) is 0. The van der Waals surface area contributed by atoms with Gasteiger partial charge in [-0.15, -0.1) is 11.3 Å². The Morgan fingerprint density at radius 2 is 2.29 bits per heavy atom. The van der Waals surface area contributed by atoms with Crippen LogP contribution < -0.4 is 0 Å². The second kappa shape index (κ2) is 5.01. The molecule has 1 rings (SSSR count). The van der Waals surface area contributed by atoms with Crippen molar-refractivity contribution in [1.29, 1.82) is 0 Å². The smallest absolute Gasteiger partial charge is 0.339 e. The first kappa shape index (κ1) is 11.8. The van der Waals surface area contributed by atoms with E-state index in [1.165, 1.54) is 11.3 Å². The Labute approximate surface area is 96.8 Å². The molecule has 5 heteroatoms. The number of carbonyl (C=O) groups excluding carboxylic acids is 1. The molecule has 0 spiro atoms. The lowest BCUT2D eigenvalue weighted by Crippen LogP contribution is -2.06. The molecule has 0 radical (unpaired) electrons. The summed E-state index contributed by atoms with van der Waals surface area (Å²) in [6, 6.07) is 0. The Morgan fingerprint density at radius 1 is 1.64 bits per heavy atom. The maximum Gasteiger partial charge on any atom is 0.339 e. The quantitative estimate of drug-likeness (QED) is 0.606. The summed E-state index contributed by atoms with van der Waals surface area (Å²) in [4.78, 5) is 11.7. The van der Waals surface area contributed by atoms with Gasteiger partial charge < -0.3 is 4.74 Å². The number of aryl methyl sites for hydroxylation is 1. The molecule has 78 valence electrons. The Bertz CT molecular complexity index is 334. The highest BCUT2D eigenvalue weighted by molar-refractivity contribution is 7.10. The molecule has 1 aromatic heterocycles. The highest BCUT2D eigenvalue weighted by Crippen LogP contribution is 2.34. The van der Waals surface area contributed by atoms with Gasteiger partial charge in [0.2, 0.25) is 0 Å². The molecular weight excluding hydrogens is 243 g/mol. The normalized spacial score (nSPS) is 10.6. The Morgan fingerprint density at radius 3 is 2.79 bits per heavy atom. The lowest BCUT2D eigenvalue weighted by molar-refractivity contribution is 0.0526. The van der Waals surface area contributed by atoms with Crippen molar-refractivity contribution in [2.75, 3.05) is 6.61 Å². The van der Waals surface area contributed by atoms with Crippen molar-refractivity contribution in [3.8, 4) is 0 Å². The average Bonchev–Trinajstić information content (AvgIpc) is 2.47. The summed E-state index contributed by atoms with van der Waals surface area (Å²) in [5.41, 5.74) is 1.14. The molecule has 0 fully saturated rings. The van der Waals surface area contributed by atoms with E-state index < -0.39 is 4.84 Å². The molecule has 0 aliphatic carbocycles. The van der Waals surface area contributed by atoms with E-state index in [1.54, 1.807) is 12.3 Å².